The fourth-order valence-corrected chi connectivity index (χ4v) is 6.55. The van der Waals surface area contributed by atoms with E-state index in [1.165, 1.54) is 10.2 Å². The largest absolute Gasteiger partial charge is 0.369 e. The van der Waals surface area contributed by atoms with Crippen molar-refractivity contribution >= 4 is 37.8 Å². The number of benzene rings is 2. The molecule has 6 aromatic rings. The van der Waals surface area contributed by atoms with E-state index in [9.17, 15) is 13.2 Å². The van der Waals surface area contributed by atoms with E-state index in [0.29, 0.717) is 28.0 Å². The molecule has 1 saturated heterocycles. The zero-order valence-electron chi connectivity index (χ0n) is 21.3. The zero-order chi connectivity index (χ0) is 27.3. The zero-order valence-corrected chi connectivity index (χ0v) is 22.1. The quantitative estimate of drug-likeness (QED) is 0.299. The second-order valence-corrected chi connectivity index (χ2v) is 11.5. The fraction of sp³-hybridized carbons (Fsp3) is 0.138. The van der Waals surface area contributed by atoms with E-state index >= 15 is 0 Å². The molecule has 0 unspecified atom stereocenters. The van der Waals surface area contributed by atoms with Crippen LogP contribution >= 0.6 is 0 Å². The van der Waals surface area contributed by atoms with Gasteiger partial charge >= 0.3 is 0 Å². The van der Waals surface area contributed by atoms with Crippen LogP contribution in [-0.2, 0) is 10.0 Å². The van der Waals surface area contributed by atoms with Crippen LogP contribution in [-0.4, -0.2) is 58.5 Å². The van der Waals surface area contributed by atoms with Crippen molar-refractivity contribution in [1.29, 1.82) is 0 Å². The first kappa shape index (κ1) is 24.3. The highest BCUT2D eigenvalue weighted by Gasteiger charge is 2.21. The van der Waals surface area contributed by atoms with Crippen LogP contribution in [0.15, 0.2) is 95.0 Å². The molecule has 1 aliphatic heterocycles. The van der Waals surface area contributed by atoms with Crippen molar-refractivity contribution in [2.24, 2.45) is 0 Å². The van der Waals surface area contributed by atoms with Crippen LogP contribution in [0.2, 0.25) is 0 Å². The van der Waals surface area contributed by atoms with Crippen LogP contribution in [0.5, 0.6) is 0 Å². The van der Waals surface area contributed by atoms with Crippen LogP contribution < -0.4 is 15.8 Å². The third kappa shape index (κ3) is 4.07. The number of aromatic amines is 2. The molecule has 3 N–H and O–H groups in total. The van der Waals surface area contributed by atoms with Crippen LogP contribution in [0.4, 0.5) is 5.69 Å². The molecule has 10 nitrogen and oxygen atoms in total. The third-order valence-electron chi connectivity index (χ3n) is 7.27. The maximum Gasteiger partial charge on any atom is 0.269 e. The predicted octanol–water partition coefficient (Wildman–Crippen LogP) is 3.58. The van der Waals surface area contributed by atoms with Crippen molar-refractivity contribution in [3.8, 4) is 22.5 Å². The number of pyridine rings is 2. The Hall–Kier alpha value is -4.74. The fourth-order valence-electron chi connectivity index (χ4n) is 5.22. The van der Waals surface area contributed by atoms with Crippen molar-refractivity contribution in [2.75, 3.05) is 31.1 Å². The Morgan fingerprint density at radius 1 is 0.900 bits per heavy atom. The third-order valence-corrected chi connectivity index (χ3v) is 8.95. The Balaban J connectivity index is 1.29. The number of aromatic nitrogens is 5. The van der Waals surface area contributed by atoms with Crippen LogP contribution in [0, 0.1) is 0 Å². The standard InChI is InChI=1S/C29H25N7O3S/c37-29-24(27-33-25-7-6-20(17-26(25)34-27)35-14-11-30-12-15-35)16-19(18-32-29)22-8-10-31-28-23(22)9-13-36(28)40(38,39)21-4-2-1-3-5-21/h1-10,13,16-18,30H,11-12,14-15H2,(H,32,37)(H,33,34). The van der Waals surface area contributed by atoms with Crippen LogP contribution in [0.3, 0.4) is 0 Å². The van der Waals surface area contributed by atoms with Gasteiger partial charge in [0, 0.05) is 55.8 Å². The molecule has 5 heterocycles. The van der Waals surface area contributed by atoms with E-state index in [2.05, 4.69) is 31.2 Å². The molecule has 0 atom stereocenters. The molecular weight excluding hydrogens is 526 g/mol. The summed E-state index contributed by atoms with van der Waals surface area (Å²) in [4.78, 5) is 30.7. The van der Waals surface area contributed by atoms with Crippen molar-refractivity contribution in [1.82, 2.24) is 29.2 Å². The number of anilines is 1. The minimum absolute atomic E-state index is 0.177. The monoisotopic (exact) mass is 551 g/mol. The van der Waals surface area contributed by atoms with Crippen molar-refractivity contribution < 1.29 is 8.42 Å². The smallest absolute Gasteiger partial charge is 0.269 e. The second-order valence-electron chi connectivity index (χ2n) is 9.68. The normalized spacial score (nSPS) is 14.2. The van der Waals surface area contributed by atoms with E-state index in [0.717, 1.165) is 48.5 Å². The number of H-pyrrole nitrogens is 2. The molecule has 0 amide bonds. The average molecular weight is 552 g/mol. The van der Waals surface area contributed by atoms with Crippen molar-refractivity contribution in [3.05, 3.63) is 95.7 Å². The molecule has 200 valence electrons. The molecule has 0 bridgehead atoms. The number of nitrogens with one attached hydrogen (secondary N) is 3. The van der Waals surface area contributed by atoms with Gasteiger partial charge in [-0.3, -0.25) is 4.79 Å². The number of hydrogen-bond donors (Lipinski definition) is 3. The van der Waals surface area contributed by atoms with Crippen LogP contribution in [0.25, 0.3) is 44.6 Å². The summed E-state index contributed by atoms with van der Waals surface area (Å²) < 4.78 is 27.8. The van der Waals surface area contributed by atoms with Gasteiger partial charge in [0.05, 0.1) is 21.5 Å². The first-order valence-corrected chi connectivity index (χ1v) is 14.4. The van der Waals surface area contributed by atoms with Gasteiger partial charge in [-0.2, -0.15) is 0 Å². The van der Waals surface area contributed by atoms with E-state index in [1.54, 1.807) is 60.9 Å². The van der Waals surface area contributed by atoms with Gasteiger partial charge in [-0.05, 0) is 59.7 Å². The minimum atomic E-state index is -3.83. The highest BCUT2D eigenvalue weighted by molar-refractivity contribution is 7.90. The van der Waals surface area contributed by atoms with Gasteiger partial charge in [-0.25, -0.2) is 22.4 Å². The van der Waals surface area contributed by atoms with E-state index in [-0.39, 0.29) is 10.5 Å². The van der Waals surface area contributed by atoms with Crippen molar-refractivity contribution in [2.45, 2.75) is 4.90 Å². The lowest BCUT2D eigenvalue weighted by Crippen LogP contribution is -2.43. The lowest BCUT2D eigenvalue weighted by Gasteiger charge is -2.29. The highest BCUT2D eigenvalue weighted by atomic mass is 32.2. The van der Waals surface area contributed by atoms with Gasteiger partial charge in [-0.1, -0.05) is 18.2 Å². The van der Waals surface area contributed by atoms with E-state index in [4.69, 9.17) is 4.98 Å². The summed E-state index contributed by atoms with van der Waals surface area (Å²) in [6.45, 7) is 3.74. The summed E-state index contributed by atoms with van der Waals surface area (Å²) in [6, 6.07) is 19.6. The molecule has 0 radical (unpaired) electrons. The Bertz CT molecular complexity index is 2040. The lowest BCUT2D eigenvalue weighted by molar-refractivity contribution is 0.588. The first-order chi connectivity index (χ1) is 19.5. The van der Waals surface area contributed by atoms with Gasteiger partial charge in [0.15, 0.2) is 5.65 Å². The molecule has 2 aromatic carbocycles. The minimum Gasteiger partial charge on any atom is -0.369 e. The number of fused-ring (bicyclic) bond motifs is 2. The Kier molecular flexibility index (Phi) is 5.76. The predicted molar refractivity (Wildman–Crippen MR) is 155 cm³/mol. The summed E-state index contributed by atoms with van der Waals surface area (Å²) in [7, 11) is -3.83. The number of imidazole rings is 1. The molecular formula is C29H25N7O3S. The van der Waals surface area contributed by atoms with Crippen LogP contribution in [0.1, 0.15) is 0 Å². The molecule has 1 aliphatic rings. The number of rotatable bonds is 5. The molecule has 0 saturated carbocycles. The Labute approximate surface area is 229 Å². The molecule has 40 heavy (non-hydrogen) atoms. The number of piperazine rings is 1. The van der Waals surface area contributed by atoms with Gasteiger partial charge in [0.25, 0.3) is 15.6 Å². The first-order valence-electron chi connectivity index (χ1n) is 12.9. The Morgan fingerprint density at radius 2 is 1.73 bits per heavy atom. The van der Waals surface area contributed by atoms with Gasteiger partial charge in [0.1, 0.15) is 5.82 Å². The molecule has 7 rings (SSSR count). The number of nitrogens with zero attached hydrogens (tertiary/aromatic N) is 4. The lowest BCUT2D eigenvalue weighted by atomic mass is 10.0. The molecule has 11 heteroatoms. The van der Waals surface area contributed by atoms with Gasteiger partial charge in [0.2, 0.25) is 0 Å². The molecule has 4 aromatic heterocycles. The van der Waals surface area contributed by atoms with E-state index < -0.39 is 10.0 Å². The topological polar surface area (TPSA) is 129 Å². The highest BCUT2D eigenvalue weighted by Crippen LogP contribution is 2.31. The van der Waals surface area contributed by atoms with E-state index in [1.807, 2.05) is 12.1 Å². The average Bonchev–Trinajstić information content (AvgIpc) is 3.63. The molecule has 0 spiro atoms. The van der Waals surface area contributed by atoms with Crippen molar-refractivity contribution in [3.63, 3.8) is 0 Å². The maximum absolute atomic E-state index is 13.3. The summed E-state index contributed by atoms with van der Waals surface area (Å²) in [5.41, 5.74) is 4.58. The SMILES string of the molecule is O=c1[nH]cc(-c2ccnc3c2ccn3S(=O)(=O)c2ccccc2)cc1-c1nc2cc(N3CCNCC3)ccc2[nH]1. The van der Waals surface area contributed by atoms with Gasteiger partial charge < -0.3 is 20.2 Å². The Morgan fingerprint density at radius 3 is 2.55 bits per heavy atom. The summed E-state index contributed by atoms with van der Waals surface area (Å²) >= 11 is 0. The number of hydrogen-bond acceptors (Lipinski definition) is 7. The molecule has 0 aliphatic carbocycles. The summed E-state index contributed by atoms with van der Waals surface area (Å²) in [6.07, 6.45) is 4.69. The second kappa shape index (κ2) is 9.47. The van der Waals surface area contributed by atoms with Gasteiger partial charge in [-0.15, -0.1) is 0 Å². The maximum atomic E-state index is 13.3. The summed E-state index contributed by atoms with van der Waals surface area (Å²) in [5, 5.41) is 4.01. The summed E-state index contributed by atoms with van der Waals surface area (Å²) in [5.74, 6) is 0.463. The molecule has 1 fully saturated rings.